The Labute approximate surface area is 127 Å². The quantitative estimate of drug-likeness (QED) is 0.808. The van der Waals surface area contributed by atoms with Crippen LogP contribution in [0.2, 0.25) is 0 Å². The molecule has 0 aliphatic heterocycles. The van der Waals surface area contributed by atoms with E-state index in [1.165, 1.54) is 30.2 Å². The maximum atomic E-state index is 13.8. The fraction of sp³-hybridized carbons (Fsp3) is 0.333. The zero-order valence-electron chi connectivity index (χ0n) is 12.0. The van der Waals surface area contributed by atoms with Crippen LogP contribution < -0.4 is 5.32 Å². The van der Waals surface area contributed by atoms with Gasteiger partial charge >= 0.3 is 0 Å². The van der Waals surface area contributed by atoms with E-state index < -0.39 is 11.6 Å². The Balaban J connectivity index is 2.30. The number of hydrogen-bond donors (Lipinski definition) is 1. The minimum atomic E-state index is -0.583. The number of benzene rings is 1. The molecule has 21 heavy (non-hydrogen) atoms. The van der Waals surface area contributed by atoms with Crippen molar-refractivity contribution < 1.29 is 8.78 Å². The monoisotopic (exact) mass is 309 g/mol. The summed E-state index contributed by atoms with van der Waals surface area (Å²) in [7, 11) is 0. The minimum Gasteiger partial charge on any atom is -0.370 e. The van der Waals surface area contributed by atoms with E-state index in [2.05, 4.69) is 22.2 Å². The molecule has 2 rings (SSSR count). The van der Waals surface area contributed by atoms with Gasteiger partial charge in [-0.15, -0.1) is 0 Å². The van der Waals surface area contributed by atoms with Gasteiger partial charge in [0.2, 0.25) is 0 Å². The van der Waals surface area contributed by atoms with Crippen LogP contribution in [0, 0.1) is 11.6 Å². The smallest absolute Gasteiger partial charge is 0.140 e. The van der Waals surface area contributed by atoms with Crippen LogP contribution in [-0.4, -0.2) is 16.5 Å². The van der Waals surface area contributed by atoms with Gasteiger partial charge in [-0.3, -0.25) is 0 Å². The first-order valence-corrected chi connectivity index (χ1v) is 7.68. The molecular formula is C15H17F2N3S. The Morgan fingerprint density at radius 2 is 2.00 bits per heavy atom. The van der Waals surface area contributed by atoms with Crippen molar-refractivity contribution in [1.29, 1.82) is 0 Å². The van der Waals surface area contributed by atoms with Gasteiger partial charge in [0, 0.05) is 23.1 Å². The molecule has 0 fully saturated rings. The number of rotatable bonds is 6. The van der Waals surface area contributed by atoms with E-state index in [1.807, 2.05) is 6.92 Å². The third kappa shape index (κ3) is 3.91. The van der Waals surface area contributed by atoms with E-state index >= 15 is 0 Å². The number of aromatic nitrogens is 2. The summed E-state index contributed by atoms with van der Waals surface area (Å²) in [6.07, 6.45) is 3.18. The molecular weight excluding hydrogens is 292 g/mol. The molecule has 0 radical (unpaired) electrons. The van der Waals surface area contributed by atoms with E-state index in [4.69, 9.17) is 0 Å². The molecule has 0 bridgehead atoms. The van der Waals surface area contributed by atoms with Crippen molar-refractivity contribution in [2.45, 2.75) is 36.6 Å². The molecule has 0 unspecified atom stereocenters. The summed E-state index contributed by atoms with van der Waals surface area (Å²) < 4.78 is 26.7. The lowest BCUT2D eigenvalue weighted by atomic mass is 10.2. The number of nitrogens with one attached hydrogen (secondary N) is 1. The van der Waals surface area contributed by atoms with Crippen molar-refractivity contribution in [3.05, 3.63) is 41.7 Å². The zero-order valence-corrected chi connectivity index (χ0v) is 12.8. The van der Waals surface area contributed by atoms with Gasteiger partial charge in [0.1, 0.15) is 28.8 Å². The van der Waals surface area contributed by atoms with Crippen LogP contribution in [0.25, 0.3) is 0 Å². The highest BCUT2D eigenvalue weighted by Crippen LogP contribution is 2.33. The number of anilines is 1. The SMILES string of the molecule is CCCNc1ncnc(Sc2ccc(F)cc2F)c1CC. The van der Waals surface area contributed by atoms with Gasteiger partial charge in [-0.25, -0.2) is 18.7 Å². The molecule has 0 amide bonds. The Hall–Kier alpha value is -1.69. The summed E-state index contributed by atoms with van der Waals surface area (Å²) in [5.41, 5.74) is 0.944. The van der Waals surface area contributed by atoms with Crippen molar-refractivity contribution in [3.63, 3.8) is 0 Å². The highest BCUT2D eigenvalue weighted by molar-refractivity contribution is 7.99. The zero-order chi connectivity index (χ0) is 15.2. The van der Waals surface area contributed by atoms with Crippen LogP contribution in [0.15, 0.2) is 34.4 Å². The summed E-state index contributed by atoms with van der Waals surface area (Å²) in [5, 5.41) is 3.94. The average molecular weight is 309 g/mol. The van der Waals surface area contributed by atoms with Crippen molar-refractivity contribution in [2.24, 2.45) is 0 Å². The first-order chi connectivity index (χ1) is 10.2. The van der Waals surface area contributed by atoms with Crippen molar-refractivity contribution in [1.82, 2.24) is 9.97 Å². The van der Waals surface area contributed by atoms with Gasteiger partial charge in [0.25, 0.3) is 0 Å². The van der Waals surface area contributed by atoms with E-state index in [9.17, 15) is 8.78 Å². The van der Waals surface area contributed by atoms with Crippen LogP contribution in [0.5, 0.6) is 0 Å². The maximum absolute atomic E-state index is 13.8. The highest BCUT2D eigenvalue weighted by atomic mass is 32.2. The van der Waals surface area contributed by atoms with Crippen molar-refractivity contribution in [3.8, 4) is 0 Å². The molecule has 6 heteroatoms. The Morgan fingerprint density at radius 3 is 2.67 bits per heavy atom. The Morgan fingerprint density at radius 1 is 1.19 bits per heavy atom. The van der Waals surface area contributed by atoms with Gasteiger partial charge in [-0.05, 0) is 25.0 Å². The lowest BCUT2D eigenvalue weighted by Crippen LogP contribution is -2.07. The fourth-order valence-electron chi connectivity index (χ4n) is 1.86. The lowest BCUT2D eigenvalue weighted by Gasteiger charge is -2.12. The molecule has 0 aliphatic carbocycles. The van der Waals surface area contributed by atoms with E-state index in [0.29, 0.717) is 9.92 Å². The van der Waals surface area contributed by atoms with Crippen LogP contribution in [0.1, 0.15) is 25.8 Å². The highest BCUT2D eigenvalue weighted by Gasteiger charge is 2.13. The van der Waals surface area contributed by atoms with E-state index in [0.717, 1.165) is 36.8 Å². The third-order valence-electron chi connectivity index (χ3n) is 2.90. The van der Waals surface area contributed by atoms with Gasteiger partial charge in [-0.2, -0.15) is 0 Å². The first kappa shape index (κ1) is 15.7. The van der Waals surface area contributed by atoms with Gasteiger partial charge < -0.3 is 5.32 Å². The summed E-state index contributed by atoms with van der Waals surface area (Å²) in [5.74, 6) is -0.386. The molecule has 0 saturated carbocycles. The number of nitrogens with zero attached hydrogens (tertiary/aromatic N) is 2. The topological polar surface area (TPSA) is 37.8 Å². The molecule has 3 nitrogen and oxygen atoms in total. The van der Waals surface area contributed by atoms with Crippen LogP contribution >= 0.6 is 11.8 Å². The van der Waals surface area contributed by atoms with Crippen molar-refractivity contribution >= 4 is 17.6 Å². The molecule has 0 aliphatic rings. The molecule has 1 aromatic heterocycles. The Bertz CT molecular complexity index is 620. The fourth-order valence-corrected chi connectivity index (χ4v) is 2.83. The second-order valence-electron chi connectivity index (χ2n) is 4.46. The van der Waals surface area contributed by atoms with E-state index in [-0.39, 0.29) is 0 Å². The van der Waals surface area contributed by atoms with Crippen LogP contribution in [-0.2, 0) is 6.42 Å². The maximum Gasteiger partial charge on any atom is 0.140 e. The summed E-state index contributed by atoms with van der Waals surface area (Å²) in [6, 6.07) is 3.55. The summed E-state index contributed by atoms with van der Waals surface area (Å²) in [6.45, 7) is 4.89. The second-order valence-corrected chi connectivity index (χ2v) is 5.49. The van der Waals surface area contributed by atoms with Gasteiger partial charge in [-0.1, -0.05) is 25.6 Å². The van der Waals surface area contributed by atoms with E-state index in [1.54, 1.807) is 0 Å². The van der Waals surface area contributed by atoms with Gasteiger partial charge in [0.15, 0.2) is 0 Å². The molecule has 1 N–H and O–H groups in total. The molecule has 0 saturated heterocycles. The third-order valence-corrected chi connectivity index (χ3v) is 4.00. The predicted molar refractivity (Wildman–Crippen MR) is 80.7 cm³/mol. The lowest BCUT2D eigenvalue weighted by molar-refractivity contribution is 0.565. The largest absolute Gasteiger partial charge is 0.370 e. The van der Waals surface area contributed by atoms with Gasteiger partial charge in [0.05, 0.1) is 0 Å². The second kappa shape index (κ2) is 7.36. The minimum absolute atomic E-state index is 0.353. The molecule has 0 spiro atoms. The Kier molecular flexibility index (Phi) is 5.50. The normalized spacial score (nSPS) is 10.7. The number of hydrogen-bond acceptors (Lipinski definition) is 4. The van der Waals surface area contributed by atoms with Crippen LogP contribution in [0.4, 0.5) is 14.6 Å². The molecule has 2 aromatic rings. The molecule has 1 heterocycles. The molecule has 1 aromatic carbocycles. The number of halogens is 2. The van der Waals surface area contributed by atoms with Crippen LogP contribution in [0.3, 0.4) is 0 Å². The molecule has 112 valence electrons. The molecule has 0 atom stereocenters. The summed E-state index contributed by atoms with van der Waals surface area (Å²) >= 11 is 1.19. The average Bonchev–Trinajstić information content (AvgIpc) is 2.48. The summed E-state index contributed by atoms with van der Waals surface area (Å²) in [4.78, 5) is 8.82. The predicted octanol–water partition coefficient (Wildman–Crippen LogP) is 4.29. The van der Waals surface area contributed by atoms with Crippen molar-refractivity contribution in [2.75, 3.05) is 11.9 Å². The first-order valence-electron chi connectivity index (χ1n) is 6.86. The standard InChI is InChI=1S/C15H17F2N3S/c1-3-7-18-14-11(4-2)15(20-9-19-14)21-13-6-5-10(16)8-12(13)17/h5-6,8-9H,3-4,7H2,1-2H3,(H,18,19,20).